The van der Waals surface area contributed by atoms with Crippen LogP contribution >= 0.6 is 15.9 Å². The van der Waals surface area contributed by atoms with Crippen molar-refractivity contribution < 1.29 is 22.3 Å². The standard InChI is InChI=1S/C16H17BrFNO4S/c1-10(11-4-6-12(18)7-5-11)19-24(20,21)16-9-15(23-3)14(22-2)8-13(16)17/h4-10,19H,1-3H3. The first-order valence-corrected chi connectivity index (χ1v) is 9.25. The van der Waals surface area contributed by atoms with Gasteiger partial charge in [-0.25, -0.2) is 17.5 Å². The van der Waals surface area contributed by atoms with E-state index in [1.165, 1.54) is 50.6 Å². The van der Waals surface area contributed by atoms with Crippen LogP contribution < -0.4 is 14.2 Å². The van der Waals surface area contributed by atoms with Gasteiger partial charge in [-0.2, -0.15) is 0 Å². The van der Waals surface area contributed by atoms with E-state index in [0.29, 0.717) is 21.5 Å². The minimum Gasteiger partial charge on any atom is -0.493 e. The largest absolute Gasteiger partial charge is 0.493 e. The second kappa shape index (κ2) is 7.50. The van der Waals surface area contributed by atoms with E-state index in [-0.39, 0.29) is 10.7 Å². The quantitative estimate of drug-likeness (QED) is 0.778. The minimum absolute atomic E-state index is 0.0223. The summed E-state index contributed by atoms with van der Waals surface area (Å²) >= 11 is 3.24. The summed E-state index contributed by atoms with van der Waals surface area (Å²) in [5.41, 5.74) is 0.650. The smallest absolute Gasteiger partial charge is 0.242 e. The fourth-order valence-electron chi connectivity index (χ4n) is 2.16. The van der Waals surface area contributed by atoms with E-state index in [1.54, 1.807) is 6.92 Å². The average Bonchev–Trinajstić information content (AvgIpc) is 2.54. The molecule has 2 rings (SSSR count). The Labute approximate surface area is 149 Å². The molecule has 2 aromatic carbocycles. The number of halogens is 2. The van der Waals surface area contributed by atoms with Gasteiger partial charge < -0.3 is 9.47 Å². The summed E-state index contributed by atoms with van der Waals surface area (Å²) < 4.78 is 51.5. The third kappa shape index (κ3) is 4.06. The van der Waals surface area contributed by atoms with Crippen molar-refractivity contribution in [3.63, 3.8) is 0 Å². The van der Waals surface area contributed by atoms with Crippen molar-refractivity contribution in [3.8, 4) is 11.5 Å². The van der Waals surface area contributed by atoms with Crippen LogP contribution in [0.4, 0.5) is 4.39 Å². The van der Waals surface area contributed by atoms with Gasteiger partial charge in [-0.15, -0.1) is 0 Å². The molecule has 0 bridgehead atoms. The molecule has 0 heterocycles. The molecule has 2 aromatic rings. The number of hydrogen-bond donors (Lipinski definition) is 1. The summed E-state index contributed by atoms with van der Waals surface area (Å²) in [4.78, 5) is 0.0223. The van der Waals surface area contributed by atoms with Crippen molar-refractivity contribution in [2.24, 2.45) is 0 Å². The Balaban J connectivity index is 2.35. The van der Waals surface area contributed by atoms with E-state index in [2.05, 4.69) is 20.7 Å². The van der Waals surface area contributed by atoms with Crippen LogP contribution in [0.5, 0.6) is 11.5 Å². The molecule has 0 saturated carbocycles. The van der Waals surface area contributed by atoms with Crippen LogP contribution in [0, 0.1) is 5.82 Å². The van der Waals surface area contributed by atoms with Gasteiger partial charge in [0.15, 0.2) is 11.5 Å². The lowest BCUT2D eigenvalue weighted by Crippen LogP contribution is -2.27. The van der Waals surface area contributed by atoms with E-state index < -0.39 is 16.1 Å². The zero-order chi connectivity index (χ0) is 17.9. The number of methoxy groups -OCH3 is 2. The van der Waals surface area contributed by atoms with Crippen LogP contribution in [0.2, 0.25) is 0 Å². The van der Waals surface area contributed by atoms with Crippen molar-refractivity contribution in [3.05, 3.63) is 52.3 Å². The number of ether oxygens (including phenoxy) is 2. The first kappa shape index (κ1) is 18.7. The maximum atomic E-state index is 13.0. The van der Waals surface area contributed by atoms with Crippen molar-refractivity contribution in [2.75, 3.05) is 14.2 Å². The fourth-order valence-corrected chi connectivity index (χ4v) is 4.43. The van der Waals surface area contributed by atoms with Gasteiger partial charge in [0.05, 0.1) is 14.2 Å². The molecule has 0 amide bonds. The average molecular weight is 418 g/mol. The Morgan fingerprint density at radius 2 is 1.62 bits per heavy atom. The third-order valence-corrected chi connectivity index (χ3v) is 5.93. The van der Waals surface area contributed by atoms with Gasteiger partial charge in [-0.05, 0) is 46.6 Å². The van der Waals surface area contributed by atoms with Crippen LogP contribution in [-0.4, -0.2) is 22.6 Å². The van der Waals surface area contributed by atoms with Crippen LogP contribution in [-0.2, 0) is 10.0 Å². The molecular formula is C16H17BrFNO4S. The van der Waals surface area contributed by atoms with E-state index in [1.807, 2.05) is 0 Å². The molecule has 24 heavy (non-hydrogen) atoms. The molecule has 1 N–H and O–H groups in total. The maximum absolute atomic E-state index is 13.0. The van der Waals surface area contributed by atoms with Crippen molar-refractivity contribution in [1.29, 1.82) is 0 Å². The summed E-state index contributed by atoms with van der Waals surface area (Å²) in [5, 5.41) is 0. The zero-order valence-electron chi connectivity index (χ0n) is 13.3. The SMILES string of the molecule is COc1cc(Br)c(S(=O)(=O)NC(C)c2ccc(F)cc2)cc1OC. The van der Waals surface area contributed by atoms with E-state index in [9.17, 15) is 12.8 Å². The molecule has 0 saturated heterocycles. The Kier molecular flexibility index (Phi) is 5.84. The van der Waals surface area contributed by atoms with E-state index in [4.69, 9.17) is 9.47 Å². The molecule has 1 unspecified atom stereocenters. The molecule has 8 heteroatoms. The van der Waals surface area contributed by atoms with Crippen LogP contribution in [0.1, 0.15) is 18.5 Å². The molecule has 0 aliphatic carbocycles. The van der Waals surface area contributed by atoms with Crippen molar-refractivity contribution >= 4 is 26.0 Å². The Morgan fingerprint density at radius 3 is 2.17 bits per heavy atom. The topological polar surface area (TPSA) is 64.6 Å². The molecule has 5 nitrogen and oxygen atoms in total. The predicted molar refractivity (Wildman–Crippen MR) is 92.4 cm³/mol. The molecular weight excluding hydrogens is 401 g/mol. The highest BCUT2D eigenvalue weighted by Crippen LogP contribution is 2.35. The third-order valence-electron chi connectivity index (χ3n) is 3.43. The van der Waals surface area contributed by atoms with Gasteiger partial charge in [-0.1, -0.05) is 12.1 Å². The fraction of sp³-hybridized carbons (Fsp3) is 0.250. The van der Waals surface area contributed by atoms with E-state index in [0.717, 1.165) is 0 Å². The summed E-state index contributed by atoms with van der Waals surface area (Å²) in [7, 11) is -0.939. The van der Waals surface area contributed by atoms with Gasteiger partial charge >= 0.3 is 0 Å². The highest BCUT2D eigenvalue weighted by molar-refractivity contribution is 9.10. The first-order chi connectivity index (χ1) is 11.3. The molecule has 130 valence electrons. The normalized spacial score (nSPS) is 12.7. The number of benzene rings is 2. The zero-order valence-corrected chi connectivity index (χ0v) is 15.7. The molecule has 0 spiro atoms. The molecule has 0 aliphatic rings. The monoisotopic (exact) mass is 417 g/mol. The maximum Gasteiger partial charge on any atom is 0.242 e. The van der Waals surface area contributed by atoms with Crippen LogP contribution in [0.3, 0.4) is 0 Å². The number of hydrogen-bond acceptors (Lipinski definition) is 4. The van der Waals surface area contributed by atoms with Gasteiger partial charge in [0, 0.05) is 16.6 Å². The Bertz CT molecular complexity index is 825. The summed E-state index contributed by atoms with van der Waals surface area (Å²) in [5.74, 6) is 0.335. The van der Waals surface area contributed by atoms with E-state index >= 15 is 0 Å². The Hall–Kier alpha value is -1.64. The second-order valence-corrected chi connectivity index (χ2v) is 7.57. The van der Waals surface area contributed by atoms with Crippen molar-refractivity contribution in [1.82, 2.24) is 4.72 Å². The van der Waals surface area contributed by atoms with Gasteiger partial charge in [0.1, 0.15) is 10.7 Å². The molecule has 0 aromatic heterocycles. The lowest BCUT2D eigenvalue weighted by molar-refractivity contribution is 0.353. The predicted octanol–water partition coefficient (Wildman–Crippen LogP) is 3.64. The van der Waals surface area contributed by atoms with Gasteiger partial charge in [0.2, 0.25) is 10.0 Å². The summed E-state index contributed by atoms with van der Waals surface area (Å²) in [6, 6.07) is 8.01. The lowest BCUT2D eigenvalue weighted by atomic mass is 10.1. The molecule has 0 radical (unpaired) electrons. The summed E-state index contributed by atoms with van der Waals surface area (Å²) in [6.45, 7) is 1.68. The molecule has 0 aliphatic heterocycles. The number of sulfonamides is 1. The summed E-state index contributed by atoms with van der Waals surface area (Å²) in [6.07, 6.45) is 0. The second-order valence-electron chi connectivity index (χ2n) is 5.03. The highest BCUT2D eigenvalue weighted by atomic mass is 79.9. The minimum atomic E-state index is -3.83. The van der Waals surface area contributed by atoms with Crippen LogP contribution in [0.25, 0.3) is 0 Å². The lowest BCUT2D eigenvalue weighted by Gasteiger charge is -2.17. The molecule has 1 atom stereocenters. The highest BCUT2D eigenvalue weighted by Gasteiger charge is 2.23. The Morgan fingerprint density at radius 1 is 1.08 bits per heavy atom. The number of nitrogens with one attached hydrogen (secondary N) is 1. The van der Waals surface area contributed by atoms with Crippen molar-refractivity contribution in [2.45, 2.75) is 17.9 Å². The first-order valence-electron chi connectivity index (χ1n) is 6.98. The van der Waals surface area contributed by atoms with Gasteiger partial charge in [0.25, 0.3) is 0 Å². The van der Waals surface area contributed by atoms with Gasteiger partial charge in [-0.3, -0.25) is 0 Å². The number of rotatable bonds is 6. The molecule has 0 fully saturated rings. The van der Waals surface area contributed by atoms with Crippen LogP contribution in [0.15, 0.2) is 45.8 Å².